The van der Waals surface area contributed by atoms with Crippen LogP contribution >= 0.6 is 0 Å². The Kier molecular flexibility index (Phi) is 6.84. The van der Waals surface area contributed by atoms with Crippen LogP contribution < -0.4 is 52.1 Å². The number of nitrogens with zero attached hydrogens (tertiary/aromatic N) is 2. The van der Waals surface area contributed by atoms with E-state index in [2.05, 4.69) is 192 Å². The van der Waals surface area contributed by atoms with E-state index in [-0.39, 0.29) is 42.4 Å². The summed E-state index contributed by atoms with van der Waals surface area (Å²) < 4.78 is 19.9. The molecule has 15 rings (SSSR count). The van der Waals surface area contributed by atoms with Crippen molar-refractivity contribution in [2.24, 2.45) is 0 Å². The number of ether oxygens (including phenoxy) is 2. The van der Waals surface area contributed by atoms with Gasteiger partial charge in [0.15, 0.2) is 0 Å². The van der Waals surface area contributed by atoms with Crippen molar-refractivity contribution in [3.8, 4) is 23.0 Å². The first-order valence-electron chi connectivity index (χ1n) is 21.1. The van der Waals surface area contributed by atoms with Gasteiger partial charge in [0.1, 0.15) is 0 Å². The zero-order valence-corrected chi connectivity index (χ0v) is 36.4. The molecule has 0 radical (unpaired) electrons. The quantitative estimate of drug-likeness (QED) is 0.162. The van der Waals surface area contributed by atoms with Crippen LogP contribution in [0.25, 0.3) is 38.6 Å². The average molecular weight is 918 g/mol. The molecule has 4 nitrogen and oxygen atoms in total. The first-order valence-corrected chi connectivity index (χ1v) is 24.6. The van der Waals surface area contributed by atoms with Gasteiger partial charge in [-0.1, -0.05) is 0 Å². The molecule has 11 aromatic rings. The van der Waals surface area contributed by atoms with Crippen LogP contribution in [0.15, 0.2) is 182 Å². The first kappa shape index (κ1) is 34.0. The van der Waals surface area contributed by atoms with E-state index >= 15 is 0 Å². The molecule has 9 aromatic carbocycles. The number of para-hydroxylation sites is 4. The molecular formula is C54H30B2N2O2Se2. The fourth-order valence-corrected chi connectivity index (χ4v) is 15.9. The molecule has 286 valence electrons. The maximum absolute atomic E-state index is 7.30. The van der Waals surface area contributed by atoms with Crippen molar-refractivity contribution < 1.29 is 9.47 Å². The summed E-state index contributed by atoms with van der Waals surface area (Å²) >= 11 is 0.297. The van der Waals surface area contributed by atoms with Gasteiger partial charge in [-0.3, -0.25) is 0 Å². The number of benzene rings is 9. The monoisotopic (exact) mass is 920 g/mol. The Balaban J connectivity index is 1.08. The third-order valence-corrected chi connectivity index (χ3v) is 18.2. The summed E-state index contributed by atoms with van der Waals surface area (Å²) in [5.74, 6) is 3.68. The van der Waals surface area contributed by atoms with Crippen LogP contribution in [0.2, 0.25) is 0 Å². The van der Waals surface area contributed by atoms with Gasteiger partial charge < -0.3 is 0 Å². The fourth-order valence-electron chi connectivity index (χ4n) is 11.1. The molecule has 4 aliphatic rings. The van der Waals surface area contributed by atoms with E-state index in [1.807, 2.05) is 0 Å². The van der Waals surface area contributed by atoms with E-state index < -0.39 is 0 Å². The average Bonchev–Trinajstić information content (AvgIpc) is 3.89. The maximum atomic E-state index is 7.30. The van der Waals surface area contributed by atoms with E-state index in [9.17, 15) is 0 Å². The molecule has 0 spiro atoms. The van der Waals surface area contributed by atoms with Gasteiger partial charge in [-0.15, -0.1) is 0 Å². The molecule has 0 fully saturated rings. The van der Waals surface area contributed by atoms with Gasteiger partial charge in [0.05, 0.1) is 0 Å². The van der Waals surface area contributed by atoms with Gasteiger partial charge in [-0.05, 0) is 0 Å². The third kappa shape index (κ3) is 4.45. The van der Waals surface area contributed by atoms with Crippen LogP contribution in [0, 0.1) is 0 Å². The Morgan fingerprint density at radius 2 is 0.984 bits per heavy atom. The third-order valence-electron chi connectivity index (χ3n) is 13.5. The van der Waals surface area contributed by atoms with Gasteiger partial charge in [-0.2, -0.15) is 0 Å². The number of anilines is 6. The molecule has 2 aromatic heterocycles. The molecule has 0 saturated heterocycles. The van der Waals surface area contributed by atoms with E-state index in [1.165, 1.54) is 83.0 Å². The molecule has 6 heterocycles. The first-order chi connectivity index (χ1) is 30.8. The zero-order chi connectivity index (χ0) is 40.2. The van der Waals surface area contributed by atoms with Crippen LogP contribution in [0.3, 0.4) is 0 Å². The van der Waals surface area contributed by atoms with E-state index in [0.717, 1.165) is 45.5 Å². The summed E-state index contributed by atoms with van der Waals surface area (Å²) in [7, 11) is 0. The summed E-state index contributed by atoms with van der Waals surface area (Å²) in [4.78, 5) is 5.10. The minimum absolute atomic E-state index is 0.0347. The van der Waals surface area contributed by atoms with Crippen molar-refractivity contribution in [3.63, 3.8) is 0 Å². The van der Waals surface area contributed by atoms with Crippen molar-refractivity contribution in [1.29, 1.82) is 0 Å². The predicted octanol–water partition coefficient (Wildman–Crippen LogP) is 9.22. The molecule has 0 aliphatic carbocycles. The van der Waals surface area contributed by atoms with Crippen LogP contribution in [-0.2, 0) is 0 Å². The Hall–Kier alpha value is -6.65. The summed E-state index contributed by atoms with van der Waals surface area (Å²) in [5.41, 5.74) is 14.6. The Bertz CT molecular complexity index is 3750. The normalized spacial score (nSPS) is 13.9. The SMILES string of the molecule is c1ccc(N2c3ccccc3B3c4cc5c(cc4N(c4ccccc4)c4c3c2cc2[se]c3ccccc3c42)Oc2cc3[se]c4ccccc4c3c3c2B5c2ccccc2O3)cc1. The van der Waals surface area contributed by atoms with Gasteiger partial charge >= 0.3 is 372 Å². The molecular weight excluding hydrogens is 888 g/mol. The second kappa shape index (κ2) is 12.5. The molecule has 0 bridgehead atoms. The van der Waals surface area contributed by atoms with E-state index in [0.29, 0.717) is 0 Å². The van der Waals surface area contributed by atoms with Crippen molar-refractivity contribution in [1.82, 2.24) is 0 Å². The van der Waals surface area contributed by atoms with Crippen LogP contribution in [-0.4, -0.2) is 42.4 Å². The molecule has 62 heavy (non-hydrogen) atoms. The molecule has 4 aliphatic heterocycles. The standard InChI is InChI=1S/C54H30B2N2O2Se2/c1-3-15-31(16-4-1)57-39-23-11-9-21-35(39)55-37-27-38-43(59-44-30-48-50(34-20-8-14-26-46(34)62-48)54-52(44)56(38)36-22-10-12-24-42(36)60-54)28-40(37)58(32-17-5-2-6-18-32)53-49-33-19-7-13-25-45(33)61-47(49)29-41(57)51(53)55/h1-30H. The van der Waals surface area contributed by atoms with Crippen LogP contribution in [0.5, 0.6) is 23.0 Å². The second-order valence-electron chi connectivity index (χ2n) is 16.7. The predicted molar refractivity (Wildman–Crippen MR) is 262 cm³/mol. The van der Waals surface area contributed by atoms with Crippen molar-refractivity contribution in [2.75, 3.05) is 9.80 Å². The number of fused-ring (bicyclic) bond motifs is 16. The van der Waals surface area contributed by atoms with Crippen molar-refractivity contribution in [2.45, 2.75) is 0 Å². The summed E-state index contributed by atoms with van der Waals surface area (Å²) in [6.45, 7) is -0.0996. The van der Waals surface area contributed by atoms with Gasteiger partial charge in [0.25, 0.3) is 0 Å². The van der Waals surface area contributed by atoms with E-state index in [1.54, 1.807) is 0 Å². The summed E-state index contributed by atoms with van der Waals surface area (Å²) in [6.07, 6.45) is 0. The second-order valence-corrected chi connectivity index (χ2v) is 21.2. The topological polar surface area (TPSA) is 24.9 Å². The zero-order valence-electron chi connectivity index (χ0n) is 33.0. The Labute approximate surface area is 369 Å². The molecule has 8 heteroatoms. The summed E-state index contributed by atoms with van der Waals surface area (Å²) in [6, 6.07) is 67.4. The Morgan fingerprint density at radius 1 is 0.371 bits per heavy atom. The van der Waals surface area contributed by atoms with Crippen molar-refractivity contribution in [3.05, 3.63) is 182 Å². The molecule has 0 amide bonds. The van der Waals surface area contributed by atoms with Gasteiger partial charge in [0, 0.05) is 0 Å². The number of hydrogen-bond donors (Lipinski definition) is 0. The van der Waals surface area contributed by atoms with Crippen LogP contribution in [0.1, 0.15) is 0 Å². The molecule has 0 atom stereocenters. The summed E-state index contributed by atoms with van der Waals surface area (Å²) in [5, 5.41) is 5.22. The van der Waals surface area contributed by atoms with Gasteiger partial charge in [-0.25, -0.2) is 0 Å². The fraction of sp³-hybridized carbons (Fsp3) is 0. The van der Waals surface area contributed by atoms with E-state index in [4.69, 9.17) is 9.47 Å². The molecule has 0 saturated carbocycles. The number of hydrogen-bond acceptors (Lipinski definition) is 4. The Morgan fingerprint density at radius 3 is 1.76 bits per heavy atom. The molecule has 0 unspecified atom stereocenters. The number of rotatable bonds is 2. The van der Waals surface area contributed by atoms with Gasteiger partial charge in [0.2, 0.25) is 0 Å². The van der Waals surface area contributed by atoms with Crippen LogP contribution in [0.4, 0.5) is 34.1 Å². The minimum atomic E-state index is -0.0650. The molecule has 0 N–H and O–H groups in total. The van der Waals surface area contributed by atoms with Crippen molar-refractivity contribution >= 4 is 148 Å².